The molecule has 1 aliphatic rings. The maximum Gasteiger partial charge on any atom is 0.234 e. The largest absolute Gasteiger partial charge is 0.368 e. The molecule has 1 aliphatic heterocycles. The number of para-hydroxylation sites is 1. The van der Waals surface area contributed by atoms with Crippen LogP contribution in [0.15, 0.2) is 36.7 Å². The first-order valence-electron chi connectivity index (χ1n) is 9.42. The Morgan fingerprint density at radius 2 is 2.25 bits per heavy atom. The normalized spacial score (nSPS) is 18.9. The Bertz CT molecular complexity index is 1000. The Morgan fingerprint density at radius 3 is 3.07 bits per heavy atom. The van der Waals surface area contributed by atoms with Gasteiger partial charge in [-0.05, 0) is 32.4 Å². The van der Waals surface area contributed by atoms with Crippen molar-refractivity contribution >= 4 is 34.4 Å². The molecular weight excluding hydrogens is 376 g/mol. The van der Waals surface area contributed by atoms with Gasteiger partial charge in [0.15, 0.2) is 0 Å². The van der Waals surface area contributed by atoms with Crippen LogP contribution in [0.2, 0.25) is 5.02 Å². The maximum atomic E-state index is 11.5. The molecule has 2 unspecified atom stereocenters. The van der Waals surface area contributed by atoms with Gasteiger partial charge in [0, 0.05) is 35.2 Å². The summed E-state index contributed by atoms with van der Waals surface area (Å²) in [4.78, 5) is 25.9. The van der Waals surface area contributed by atoms with Gasteiger partial charge >= 0.3 is 0 Å². The van der Waals surface area contributed by atoms with Crippen LogP contribution in [0.1, 0.15) is 19.8 Å². The minimum atomic E-state index is -0.301. The SMILES string of the molecule is CC(C(N)=O)N1CCCC(Nc2ncc(Cl)c(-c3c[nH]c4ccccc34)n2)C1. The standard InChI is InChI=1S/C20H23ClN6O/c1-12(19(22)28)27-8-4-5-13(11-27)25-20-24-10-16(21)18(26-20)15-9-23-17-7-3-2-6-14(15)17/h2-3,6-7,9-10,12-13,23H,4-5,8,11H2,1H3,(H2,22,28)(H,24,25,26). The van der Waals surface area contributed by atoms with Gasteiger partial charge in [-0.1, -0.05) is 29.8 Å². The zero-order valence-corrected chi connectivity index (χ0v) is 16.4. The molecule has 1 amide bonds. The molecule has 2 aromatic heterocycles. The number of nitrogens with zero attached hydrogens (tertiary/aromatic N) is 3. The predicted molar refractivity (Wildman–Crippen MR) is 111 cm³/mol. The van der Waals surface area contributed by atoms with Gasteiger partial charge in [0.1, 0.15) is 0 Å². The van der Waals surface area contributed by atoms with Crippen LogP contribution in [0, 0.1) is 0 Å². The number of anilines is 1. The van der Waals surface area contributed by atoms with Crippen molar-refractivity contribution < 1.29 is 4.79 Å². The van der Waals surface area contributed by atoms with Crippen LogP contribution in [-0.4, -0.2) is 50.9 Å². The number of H-pyrrole nitrogens is 1. The van der Waals surface area contributed by atoms with Crippen molar-refractivity contribution in [3.05, 3.63) is 41.7 Å². The van der Waals surface area contributed by atoms with Gasteiger partial charge in [-0.2, -0.15) is 0 Å². The van der Waals surface area contributed by atoms with E-state index >= 15 is 0 Å². The highest BCUT2D eigenvalue weighted by Gasteiger charge is 2.26. The van der Waals surface area contributed by atoms with Gasteiger partial charge in [0.25, 0.3) is 0 Å². The first-order chi connectivity index (χ1) is 13.5. The van der Waals surface area contributed by atoms with Crippen molar-refractivity contribution in [3.8, 4) is 11.3 Å². The second-order valence-electron chi connectivity index (χ2n) is 7.19. The lowest BCUT2D eigenvalue weighted by Gasteiger charge is -2.35. The van der Waals surface area contributed by atoms with Crippen LogP contribution in [0.3, 0.4) is 0 Å². The molecule has 1 aromatic carbocycles. The van der Waals surface area contributed by atoms with Gasteiger partial charge in [-0.15, -0.1) is 0 Å². The molecule has 0 spiro atoms. The molecule has 0 aliphatic carbocycles. The summed E-state index contributed by atoms with van der Waals surface area (Å²) in [5.74, 6) is 0.230. The van der Waals surface area contributed by atoms with Crippen molar-refractivity contribution in [1.29, 1.82) is 0 Å². The molecule has 1 saturated heterocycles. The predicted octanol–water partition coefficient (Wildman–Crippen LogP) is 3.03. The molecular formula is C20H23ClN6O. The van der Waals surface area contributed by atoms with Crippen molar-refractivity contribution in [2.24, 2.45) is 5.73 Å². The van der Waals surface area contributed by atoms with Crippen LogP contribution in [0.5, 0.6) is 0 Å². The van der Waals surface area contributed by atoms with E-state index in [1.807, 2.05) is 37.4 Å². The number of amides is 1. The number of hydrogen-bond donors (Lipinski definition) is 3. The number of carbonyl (C=O) groups excluding carboxylic acids is 1. The molecule has 7 nitrogen and oxygen atoms in total. The summed E-state index contributed by atoms with van der Waals surface area (Å²) in [6, 6.07) is 7.90. The number of nitrogens with two attached hydrogens (primary N) is 1. The minimum absolute atomic E-state index is 0.146. The van der Waals surface area contributed by atoms with Gasteiger partial charge in [-0.25, -0.2) is 9.97 Å². The zero-order chi connectivity index (χ0) is 19.7. The number of halogens is 1. The smallest absolute Gasteiger partial charge is 0.234 e. The average Bonchev–Trinajstić information content (AvgIpc) is 3.13. The number of hydrogen-bond acceptors (Lipinski definition) is 5. The number of nitrogens with one attached hydrogen (secondary N) is 2. The Morgan fingerprint density at radius 1 is 1.43 bits per heavy atom. The summed E-state index contributed by atoms with van der Waals surface area (Å²) in [6.45, 7) is 3.43. The van der Waals surface area contributed by atoms with E-state index < -0.39 is 0 Å². The molecule has 4 N–H and O–H groups in total. The summed E-state index contributed by atoms with van der Waals surface area (Å²) >= 11 is 6.40. The van der Waals surface area contributed by atoms with Crippen LogP contribution in [0.25, 0.3) is 22.2 Å². The summed E-state index contributed by atoms with van der Waals surface area (Å²) in [7, 11) is 0. The van der Waals surface area contributed by atoms with Crippen molar-refractivity contribution in [3.63, 3.8) is 0 Å². The Labute approximate surface area is 168 Å². The van der Waals surface area contributed by atoms with Crippen LogP contribution in [-0.2, 0) is 4.79 Å². The fraction of sp³-hybridized carbons (Fsp3) is 0.350. The highest BCUT2D eigenvalue weighted by atomic mass is 35.5. The third kappa shape index (κ3) is 3.68. The maximum absolute atomic E-state index is 11.5. The van der Waals surface area contributed by atoms with Gasteiger partial charge in [0.2, 0.25) is 11.9 Å². The lowest BCUT2D eigenvalue weighted by molar-refractivity contribution is -0.123. The summed E-state index contributed by atoms with van der Waals surface area (Å²) in [5.41, 5.74) is 8.12. The Hall–Kier alpha value is -2.64. The molecule has 28 heavy (non-hydrogen) atoms. The van der Waals surface area contributed by atoms with E-state index in [1.54, 1.807) is 6.20 Å². The fourth-order valence-corrected chi connectivity index (χ4v) is 3.92. The van der Waals surface area contributed by atoms with Crippen molar-refractivity contribution in [1.82, 2.24) is 19.9 Å². The molecule has 3 heterocycles. The van der Waals surface area contributed by atoms with E-state index in [-0.39, 0.29) is 18.0 Å². The van der Waals surface area contributed by atoms with E-state index in [9.17, 15) is 4.79 Å². The topological polar surface area (TPSA) is 99.9 Å². The number of primary amides is 1. The van der Waals surface area contributed by atoms with Crippen molar-refractivity contribution in [2.45, 2.75) is 31.8 Å². The number of aromatic amines is 1. The summed E-state index contributed by atoms with van der Waals surface area (Å²) < 4.78 is 0. The molecule has 3 aromatic rings. The van der Waals surface area contributed by atoms with E-state index in [1.165, 1.54) is 0 Å². The summed E-state index contributed by atoms with van der Waals surface area (Å²) in [6.07, 6.45) is 5.51. The van der Waals surface area contributed by atoms with Gasteiger partial charge < -0.3 is 16.0 Å². The molecule has 0 saturated carbocycles. The number of aromatic nitrogens is 3. The second-order valence-corrected chi connectivity index (χ2v) is 7.60. The molecule has 8 heteroatoms. The molecule has 0 radical (unpaired) electrons. The zero-order valence-electron chi connectivity index (χ0n) is 15.7. The molecule has 1 fully saturated rings. The van der Waals surface area contributed by atoms with Gasteiger partial charge in [-0.3, -0.25) is 9.69 Å². The lowest BCUT2D eigenvalue weighted by atomic mass is 10.0. The highest BCUT2D eigenvalue weighted by molar-refractivity contribution is 6.33. The van der Waals surface area contributed by atoms with Crippen molar-refractivity contribution in [2.75, 3.05) is 18.4 Å². The van der Waals surface area contributed by atoms with Crippen LogP contribution < -0.4 is 11.1 Å². The molecule has 2 atom stereocenters. The number of fused-ring (bicyclic) bond motifs is 1. The Kier molecular flexibility index (Phi) is 5.19. The molecule has 0 bridgehead atoms. The van der Waals surface area contributed by atoms with E-state index in [0.717, 1.165) is 42.4 Å². The lowest BCUT2D eigenvalue weighted by Crippen LogP contribution is -2.50. The first kappa shape index (κ1) is 18.7. The van der Waals surface area contributed by atoms with Gasteiger partial charge in [0.05, 0.1) is 23.0 Å². The molecule has 4 rings (SSSR count). The highest BCUT2D eigenvalue weighted by Crippen LogP contribution is 2.32. The van der Waals surface area contributed by atoms with Crippen LogP contribution in [0.4, 0.5) is 5.95 Å². The fourth-order valence-electron chi connectivity index (χ4n) is 3.73. The number of benzene rings is 1. The molecule has 146 valence electrons. The number of likely N-dealkylation sites (tertiary alicyclic amines) is 1. The monoisotopic (exact) mass is 398 g/mol. The van der Waals surface area contributed by atoms with E-state index in [2.05, 4.69) is 25.2 Å². The quantitative estimate of drug-likeness (QED) is 0.613. The minimum Gasteiger partial charge on any atom is -0.368 e. The third-order valence-corrected chi connectivity index (χ3v) is 5.61. The van der Waals surface area contributed by atoms with Crippen LogP contribution >= 0.6 is 11.6 Å². The number of piperidine rings is 1. The first-order valence-corrected chi connectivity index (χ1v) is 9.79. The second kappa shape index (κ2) is 7.77. The Balaban J connectivity index is 1.57. The summed E-state index contributed by atoms with van der Waals surface area (Å²) in [5, 5.41) is 4.96. The van der Waals surface area contributed by atoms with E-state index in [0.29, 0.717) is 16.7 Å². The van der Waals surface area contributed by atoms with E-state index in [4.69, 9.17) is 17.3 Å². The average molecular weight is 399 g/mol. The third-order valence-electron chi connectivity index (χ3n) is 5.33. The number of carbonyl (C=O) groups is 1. The number of rotatable bonds is 5.